The SMILES string of the molecule is CC(C)COC(=O)Nc1ccc([Se][Se]c2ccc(NC(=O)OCC(C)C)cc2)cc1. The molecule has 0 atom stereocenters. The molecule has 0 aromatic heterocycles. The summed E-state index contributed by atoms with van der Waals surface area (Å²) < 4.78 is 12.8. The molecule has 6 nitrogen and oxygen atoms in total. The first kappa shape index (κ1) is 24.3. The van der Waals surface area contributed by atoms with E-state index >= 15 is 0 Å². The van der Waals surface area contributed by atoms with Crippen LogP contribution in [0.1, 0.15) is 27.7 Å². The van der Waals surface area contributed by atoms with Crippen molar-refractivity contribution in [1.29, 1.82) is 0 Å². The molecule has 0 unspecified atom stereocenters. The van der Waals surface area contributed by atoms with Crippen molar-refractivity contribution in [2.75, 3.05) is 23.8 Å². The Labute approximate surface area is 189 Å². The Hall–Kier alpha value is -1.98. The van der Waals surface area contributed by atoms with Crippen molar-refractivity contribution in [3.8, 4) is 0 Å². The van der Waals surface area contributed by atoms with Gasteiger partial charge in [-0.05, 0) is 0 Å². The number of carbonyl (C=O) groups is 2. The molecule has 0 fully saturated rings. The molecular formula is C22H28N2O4Se2. The fourth-order valence-electron chi connectivity index (χ4n) is 2.08. The van der Waals surface area contributed by atoms with E-state index in [-0.39, 0.29) is 0 Å². The number of carbonyl (C=O) groups excluding carboxylic acids is 2. The zero-order valence-corrected chi connectivity index (χ0v) is 21.1. The second kappa shape index (κ2) is 12.7. The van der Waals surface area contributed by atoms with E-state index in [1.807, 2.05) is 76.2 Å². The van der Waals surface area contributed by atoms with Crippen LogP contribution in [0.25, 0.3) is 0 Å². The maximum atomic E-state index is 11.7. The zero-order chi connectivity index (χ0) is 21.9. The summed E-state index contributed by atoms with van der Waals surface area (Å²) in [5.41, 5.74) is 1.46. The van der Waals surface area contributed by atoms with Crippen LogP contribution in [0.2, 0.25) is 0 Å². The van der Waals surface area contributed by atoms with Gasteiger partial charge in [0.25, 0.3) is 0 Å². The Morgan fingerprint density at radius 2 is 1.03 bits per heavy atom. The Morgan fingerprint density at radius 1 is 0.700 bits per heavy atom. The summed E-state index contributed by atoms with van der Waals surface area (Å²) in [4.78, 5) is 23.4. The average Bonchev–Trinajstić information content (AvgIpc) is 2.71. The van der Waals surface area contributed by atoms with Crippen LogP contribution in [-0.2, 0) is 9.47 Å². The number of nitrogens with one attached hydrogen (secondary N) is 2. The summed E-state index contributed by atoms with van der Waals surface area (Å²) in [6.07, 6.45) is -0.846. The van der Waals surface area contributed by atoms with Gasteiger partial charge in [-0.15, -0.1) is 0 Å². The third-order valence-corrected chi connectivity index (χ3v) is 10.8. The summed E-state index contributed by atoms with van der Waals surface area (Å²) in [5, 5.41) is 5.48. The number of ether oxygens (including phenoxy) is 2. The number of benzene rings is 2. The first-order valence-corrected chi connectivity index (χ1v) is 15.8. The molecule has 2 aromatic rings. The van der Waals surface area contributed by atoms with Crippen molar-refractivity contribution in [3.63, 3.8) is 0 Å². The van der Waals surface area contributed by atoms with E-state index in [1.165, 1.54) is 8.92 Å². The number of anilines is 2. The van der Waals surface area contributed by atoms with Crippen LogP contribution < -0.4 is 19.6 Å². The number of rotatable bonds is 9. The molecule has 0 saturated heterocycles. The van der Waals surface area contributed by atoms with E-state index in [9.17, 15) is 9.59 Å². The van der Waals surface area contributed by atoms with Crippen molar-refractivity contribution >= 4 is 58.7 Å². The molecule has 0 aliphatic heterocycles. The fraction of sp³-hybridized carbons (Fsp3) is 0.364. The zero-order valence-electron chi connectivity index (χ0n) is 17.6. The molecule has 0 saturated carbocycles. The van der Waals surface area contributed by atoms with Gasteiger partial charge in [-0.2, -0.15) is 0 Å². The predicted molar refractivity (Wildman–Crippen MR) is 123 cm³/mol. The molecule has 2 amide bonds. The van der Waals surface area contributed by atoms with Gasteiger partial charge < -0.3 is 0 Å². The van der Waals surface area contributed by atoms with Crippen LogP contribution in [0.15, 0.2) is 48.5 Å². The van der Waals surface area contributed by atoms with Crippen LogP contribution in [0.4, 0.5) is 21.0 Å². The molecule has 0 radical (unpaired) electrons. The Morgan fingerprint density at radius 3 is 1.33 bits per heavy atom. The quantitative estimate of drug-likeness (QED) is 0.477. The van der Waals surface area contributed by atoms with Crippen molar-refractivity contribution in [2.24, 2.45) is 11.8 Å². The van der Waals surface area contributed by atoms with Gasteiger partial charge in [0.1, 0.15) is 0 Å². The average molecular weight is 542 g/mol. The van der Waals surface area contributed by atoms with Crippen LogP contribution in [0.3, 0.4) is 0 Å². The van der Waals surface area contributed by atoms with E-state index in [4.69, 9.17) is 9.47 Å². The molecule has 2 N–H and O–H groups in total. The Bertz CT molecular complexity index is 739. The van der Waals surface area contributed by atoms with Gasteiger partial charge in [0, 0.05) is 0 Å². The number of amides is 2. The van der Waals surface area contributed by atoms with Crippen LogP contribution in [-0.4, -0.2) is 51.7 Å². The van der Waals surface area contributed by atoms with Crippen LogP contribution in [0, 0.1) is 11.8 Å². The molecule has 0 bridgehead atoms. The van der Waals surface area contributed by atoms with Crippen LogP contribution >= 0.6 is 0 Å². The normalized spacial score (nSPS) is 10.7. The first-order valence-electron chi connectivity index (χ1n) is 9.74. The summed E-state index contributed by atoms with van der Waals surface area (Å²) in [5.74, 6) is 0.623. The Balaban J connectivity index is 1.77. The summed E-state index contributed by atoms with van der Waals surface area (Å²) in [7, 11) is 0. The van der Waals surface area contributed by atoms with Gasteiger partial charge >= 0.3 is 190 Å². The molecule has 30 heavy (non-hydrogen) atoms. The monoisotopic (exact) mass is 544 g/mol. The summed E-state index contributed by atoms with van der Waals surface area (Å²) in [6.45, 7) is 8.80. The number of hydrogen-bond acceptors (Lipinski definition) is 4. The second-order valence-electron chi connectivity index (χ2n) is 7.45. The minimum atomic E-state index is -0.423. The molecule has 162 valence electrons. The molecule has 0 heterocycles. The van der Waals surface area contributed by atoms with E-state index in [0.717, 1.165) is 11.4 Å². The van der Waals surface area contributed by atoms with Crippen molar-refractivity contribution in [1.82, 2.24) is 0 Å². The second-order valence-corrected chi connectivity index (χ2v) is 13.8. The van der Waals surface area contributed by atoms with Gasteiger partial charge in [0.05, 0.1) is 0 Å². The minimum absolute atomic E-state index is 0.312. The van der Waals surface area contributed by atoms with E-state index in [2.05, 4.69) is 10.6 Å². The Kier molecular flexibility index (Phi) is 10.2. The first-order chi connectivity index (χ1) is 14.3. The maximum absolute atomic E-state index is 11.7. The van der Waals surface area contributed by atoms with Gasteiger partial charge in [-0.1, -0.05) is 0 Å². The van der Waals surface area contributed by atoms with Gasteiger partial charge in [-0.3, -0.25) is 0 Å². The topological polar surface area (TPSA) is 76.7 Å². The van der Waals surface area contributed by atoms with Crippen LogP contribution in [0.5, 0.6) is 0 Å². The third-order valence-electron chi connectivity index (χ3n) is 3.53. The molecule has 8 heteroatoms. The molecule has 0 aliphatic carbocycles. The third kappa shape index (κ3) is 9.68. The van der Waals surface area contributed by atoms with E-state index in [0.29, 0.717) is 51.3 Å². The predicted octanol–water partition coefficient (Wildman–Crippen LogP) is 3.37. The fourth-order valence-corrected chi connectivity index (χ4v) is 8.04. The molecule has 0 aliphatic rings. The van der Waals surface area contributed by atoms with Crippen molar-refractivity contribution in [3.05, 3.63) is 48.5 Å². The van der Waals surface area contributed by atoms with E-state index in [1.54, 1.807) is 0 Å². The van der Waals surface area contributed by atoms with Gasteiger partial charge in [-0.25, -0.2) is 0 Å². The van der Waals surface area contributed by atoms with Gasteiger partial charge in [0.15, 0.2) is 0 Å². The standard InChI is InChI=1S/C22H28N2O4Se2/c1-15(2)13-27-21(25)23-17-5-9-19(10-6-17)29-30-20-11-7-18(8-12-20)24-22(26)28-14-16(3)4/h5-12,15-16H,13-14H2,1-4H3,(H,23,25)(H,24,26). The number of hydrogen-bond donors (Lipinski definition) is 2. The summed E-state index contributed by atoms with van der Waals surface area (Å²) in [6, 6.07) is 15.8. The van der Waals surface area contributed by atoms with Crippen molar-refractivity contribution < 1.29 is 19.1 Å². The summed E-state index contributed by atoms with van der Waals surface area (Å²) >= 11 is 0.656. The molecule has 2 rings (SSSR count). The molecular weight excluding hydrogens is 514 g/mol. The molecule has 0 spiro atoms. The van der Waals surface area contributed by atoms with E-state index < -0.39 is 12.2 Å². The van der Waals surface area contributed by atoms with Crippen molar-refractivity contribution in [2.45, 2.75) is 27.7 Å². The van der Waals surface area contributed by atoms with Gasteiger partial charge in [0.2, 0.25) is 0 Å². The molecule has 2 aromatic carbocycles.